The second-order valence-electron chi connectivity index (χ2n) is 7.21. The first-order valence-corrected chi connectivity index (χ1v) is 10.7. The lowest BCUT2D eigenvalue weighted by molar-refractivity contribution is -0.120. The number of aromatic nitrogens is 1. The van der Waals surface area contributed by atoms with Gasteiger partial charge in [0.2, 0.25) is 5.91 Å². The van der Waals surface area contributed by atoms with Crippen LogP contribution in [-0.2, 0) is 21.4 Å². The molecule has 1 N–H and O–H groups in total. The van der Waals surface area contributed by atoms with E-state index in [0.29, 0.717) is 19.4 Å². The van der Waals surface area contributed by atoms with Crippen molar-refractivity contribution in [2.24, 2.45) is 5.92 Å². The number of carbonyl (C=O) groups is 1. The van der Waals surface area contributed by atoms with Crippen LogP contribution in [-0.4, -0.2) is 55.1 Å². The van der Waals surface area contributed by atoms with Crippen molar-refractivity contribution in [3.8, 4) is 0 Å². The Morgan fingerprint density at radius 2 is 1.79 bits per heavy atom. The summed E-state index contributed by atoms with van der Waals surface area (Å²) in [5.74, 6) is -0.486. The lowest BCUT2D eigenvalue weighted by atomic mass is 9.98. The highest BCUT2D eigenvalue weighted by molar-refractivity contribution is 7.86. The molecule has 0 radical (unpaired) electrons. The van der Waals surface area contributed by atoms with Crippen LogP contribution in [0.1, 0.15) is 24.0 Å². The van der Waals surface area contributed by atoms with E-state index >= 15 is 0 Å². The summed E-state index contributed by atoms with van der Waals surface area (Å²) < 4.78 is 27.2. The highest BCUT2D eigenvalue weighted by Crippen LogP contribution is 2.22. The Kier molecular flexibility index (Phi) is 6.43. The van der Waals surface area contributed by atoms with Crippen molar-refractivity contribution < 1.29 is 13.2 Å². The molecule has 1 saturated heterocycles. The van der Waals surface area contributed by atoms with E-state index < -0.39 is 10.2 Å². The summed E-state index contributed by atoms with van der Waals surface area (Å²) in [4.78, 5) is 16.6. The van der Waals surface area contributed by atoms with Gasteiger partial charge in [-0.05, 0) is 54.7 Å². The minimum atomic E-state index is -3.49. The summed E-state index contributed by atoms with van der Waals surface area (Å²) in [6.45, 7) is 0.667. The number of rotatable bonds is 6. The summed E-state index contributed by atoms with van der Waals surface area (Å²) >= 11 is 0. The maximum Gasteiger partial charge on any atom is 0.281 e. The molecule has 1 unspecified atom stereocenters. The summed E-state index contributed by atoms with van der Waals surface area (Å²) in [5, 5.41) is 2.92. The summed E-state index contributed by atoms with van der Waals surface area (Å²) in [5.41, 5.74) is 3.04. The number of nitrogens with one attached hydrogen (secondary N) is 1. The highest BCUT2D eigenvalue weighted by atomic mass is 32.2. The van der Waals surface area contributed by atoms with Gasteiger partial charge in [0.05, 0.1) is 5.92 Å². The summed E-state index contributed by atoms with van der Waals surface area (Å²) in [6, 6.07) is 11.7. The zero-order chi connectivity index (χ0) is 20.1. The average Bonchev–Trinajstić information content (AvgIpc) is 2.70. The van der Waals surface area contributed by atoms with Crippen molar-refractivity contribution in [2.45, 2.75) is 19.3 Å². The van der Waals surface area contributed by atoms with E-state index in [1.807, 2.05) is 36.4 Å². The minimum Gasteiger partial charge on any atom is -0.326 e. The van der Waals surface area contributed by atoms with E-state index in [4.69, 9.17) is 0 Å². The number of pyridine rings is 1. The standard InChI is InChI=1S/C20H26N4O3S/c1-23(2)28(26,27)24-13-3-4-18(15-24)20(25)22-19-7-5-16(6-8-19)14-17-9-11-21-12-10-17/h5-12,18H,3-4,13-15H2,1-2H3,(H,22,25). The topological polar surface area (TPSA) is 82.6 Å². The van der Waals surface area contributed by atoms with Crippen molar-refractivity contribution in [1.82, 2.24) is 13.6 Å². The lowest BCUT2D eigenvalue weighted by Crippen LogP contribution is -2.47. The first kappa shape index (κ1) is 20.4. The monoisotopic (exact) mass is 402 g/mol. The smallest absolute Gasteiger partial charge is 0.281 e. The average molecular weight is 403 g/mol. The Hall–Kier alpha value is -2.29. The van der Waals surface area contributed by atoms with Crippen LogP contribution in [0.4, 0.5) is 5.69 Å². The van der Waals surface area contributed by atoms with E-state index in [1.165, 1.54) is 28.3 Å². The van der Waals surface area contributed by atoms with Crippen LogP contribution in [0.2, 0.25) is 0 Å². The van der Waals surface area contributed by atoms with E-state index in [1.54, 1.807) is 12.4 Å². The molecule has 0 spiro atoms. The second kappa shape index (κ2) is 8.81. The summed E-state index contributed by atoms with van der Waals surface area (Å²) in [6.07, 6.45) is 5.71. The fraction of sp³-hybridized carbons (Fsp3) is 0.400. The molecule has 0 saturated carbocycles. The first-order valence-electron chi connectivity index (χ1n) is 9.32. The Morgan fingerprint density at radius 3 is 2.43 bits per heavy atom. The van der Waals surface area contributed by atoms with Gasteiger partial charge in [-0.15, -0.1) is 0 Å². The molecular weight excluding hydrogens is 376 g/mol. The Morgan fingerprint density at radius 1 is 1.14 bits per heavy atom. The Bertz CT molecular complexity index is 899. The highest BCUT2D eigenvalue weighted by Gasteiger charge is 2.33. The van der Waals surface area contributed by atoms with Gasteiger partial charge in [-0.1, -0.05) is 12.1 Å². The number of amides is 1. The SMILES string of the molecule is CN(C)S(=O)(=O)N1CCCC(C(=O)Nc2ccc(Cc3ccncc3)cc2)C1. The minimum absolute atomic E-state index is 0.138. The van der Waals surface area contributed by atoms with Crippen molar-refractivity contribution >= 4 is 21.8 Å². The third kappa shape index (κ3) is 4.95. The van der Waals surface area contributed by atoms with Crippen molar-refractivity contribution in [3.63, 3.8) is 0 Å². The van der Waals surface area contributed by atoms with Crippen LogP contribution in [0.5, 0.6) is 0 Å². The number of benzene rings is 1. The molecule has 3 rings (SSSR count). The molecule has 1 fully saturated rings. The second-order valence-corrected chi connectivity index (χ2v) is 9.35. The van der Waals surface area contributed by atoms with E-state index in [9.17, 15) is 13.2 Å². The van der Waals surface area contributed by atoms with Crippen molar-refractivity contribution in [1.29, 1.82) is 0 Å². The lowest BCUT2D eigenvalue weighted by Gasteiger charge is -2.32. The molecule has 1 aliphatic rings. The van der Waals surface area contributed by atoms with Crippen LogP contribution >= 0.6 is 0 Å². The molecule has 150 valence electrons. The van der Waals surface area contributed by atoms with Gasteiger partial charge >= 0.3 is 0 Å². The maximum atomic E-state index is 12.6. The van der Waals surface area contributed by atoms with E-state index in [-0.39, 0.29) is 18.4 Å². The van der Waals surface area contributed by atoms with Crippen LogP contribution < -0.4 is 5.32 Å². The summed E-state index contributed by atoms with van der Waals surface area (Å²) in [7, 11) is -0.479. The van der Waals surface area contributed by atoms with Gasteiger partial charge in [0.15, 0.2) is 0 Å². The molecule has 2 aromatic rings. The zero-order valence-electron chi connectivity index (χ0n) is 16.2. The van der Waals surface area contributed by atoms with Gasteiger partial charge in [-0.25, -0.2) is 0 Å². The molecule has 28 heavy (non-hydrogen) atoms. The molecule has 0 aliphatic carbocycles. The number of nitrogens with zero attached hydrogens (tertiary/aromatic N) is 3. The zero-order valence-corrected chi connectivity index (χ0v) is 17.0. The quantitative estimate of drug-likeness (QED) is 0.802. The molecule has 2 heterocycles. The molecule has 1 aromatic carbocycles. The number of hydrogen-bond donors (Lipinski definition) is 1. The number of piperidine rings is 1. The molecule has 7 nitrogen and oxygen atoms in total. The fourth-order valence-corrected chi connectivity index (χ4v) is 4.47. The van der Waals surface area contributed by atoms with Crippen LogP contribution in [0.15, 0.2) is 48.8 Å². The predicted octanol–water partition coefficient (Wildman–Crippen LogP) is 2.13. The molecule has 0 bridgehead atoms. The third-order valence-electron chi connectivity index (χ3n) is 4.92. The Balaban J connectivity index is 1.60. The van der Waals surface area contributed by atoms with Crippen LogP contribution in [0, 0.1) is 5.92 Å². The van der Waals surface area contributed by atoms with Crippen molar-refractivity contribution in [3.05, 3.63) is 59.9 Å². The number of carbonyl (C=O) groups excluding carboxylic acids is 1. The molecule has 1 amide bonds. The van der Waals surface area contributed by atoms with Gasteiger partial charge in [-0.3, -0.25) is 9.78 Å². The maximum absolute atomic E-state index is 12.6. The number of anilines is 1. The first-order chi connectivity index (χ1) is 13.4. The van der Waals surface area contributed by atoms with E-state index in [2.05, 4.69) is 10.3 Å². The van der Waals surface area contributed by atoms with Gasteiger partial charge in [0.25, 0.3) is 10.2 Å². The predicted molar refractivity (Wildman–Crippen MR) is 109 cm³/mol. The van der Waals surface area contributed by atoms with Gasteiger partial charge < -0.3 is 5.32 Å². The Labute approximate surface area is 166 Å². The van der Waals surface area contributed by atoms with E-state index in [0.717, 1.165) is 17.7 Å². The largest absolute Gasteiger partial charge is 0.326 e. The van der Waals surface area contributed by atoms with Crippen LogP contribution in [0.3, 0.4) is 0 Å². The van der Waals surface area contributed by atoms with Gasteiger partial charge in [-0.2, -0.15) is 17.0 Å². The van der Waals surface area contributed by atoms with Gasteiger partial charge in [0.1, 0.15) is 0 Å². The molecule has 1 aromatic heterocycles. The van der Waals surface area contributed by atoms with Crippen molar-refractivity contribution in [2.75, 3.05) is 32.5 Å². The molecule has 8 heteroatoms. The normalized spacial score (nSPS) is 18.2. The third-order valence-corrected chi connectivity index (χ3v) is 6.83. The van der Waals surface area contributed by atoms with Crippen LogP contribution in [0.25, 0.3) is 0 Å². The molecular formula is C20H26N4O3S. The fourth-order valence-electron chi connectivity index (χ4n) is 3.28. The molecule has 1 atom stereocenters. The molecule has 1 aliphatic heterocycles. The van der Waals surface area contributed by atoms with Gasteiger partial charge in [0, 0.05) is 45.3 Å². The number of hydrogen-bond acceptors (Lipinski definition) is 4.